The summed E-state index contributed by atoms with van der Waals surface area (Å²) in [5.41, 5.74) is 0. The summed E-state index contributed by atoms with van der Waals surface area (Å²) in [6.45, 7) is 1.68. The van der Waals surface area contributed by atoms with E-state index in [2.05, 4.69) is 14.8 Å². The van der Waals surface area contributed by atoms with Crippen LogP contribution >= 0.6 is 11.3 Å². The molecule has 1 aromatic heterocycles. The molecule has 1 aromatic rings. The predicted octanol–water partition coefficient (Wildman–Crippen LogP) is 1.56. The van der Waals surface area contributed by atoms with E-state index in [0.717, 1.165) is 4.68 Å². The van der Waals surface area contributed by atoms with Gasteiger partial charge in [0.2, 0.25) is 9.81 Å². The third kappa shape index (κ3) is 3.05. The summed E-state index contributed by atoms with van der Waals surface area (Å²) in [7, 11) is 1.27. The fourth-order valence-electron chi connectivity index (χ4n) is 0.796. The Hall–Kier alpha value is -1.38. The van der Waals surface area contributed by atoms with Crippen molar-refractivity contribution in [3.63, 3.8) is 0 Å². The number of rotatable bonds is 1. The van der Waals surface area contributed by atoms with Crippen LogP contribution in [0.1, 0.15) is 11.9 Å². The number of carbonyl (C=O) groups excluding carboxylic acids is 1. The monoisotopic (exact) mass is 255 g/mol. The largest absolute Gasteiger partial charge is 0.448 e. The highest BCUT2D eigenvalue weighted by molar-refractivity contribution is 7.09. The molecule has 0 aliphatic carbocycles. The van der Waals surface area contributed by atoms with Crippen LogP contribution in [0.3, 0.4) is 0 Å². The van der Waals surface area contributed by atoms with Crippen molar-refractivity contribution in [2.45, 2.75) is 13.1 Å². The zero-order valence-electron chi connectivity index (χ0n) is 8.41. The summed E-state index contributed by atoms with van der Waals surface area (Å²) >= 11 is 0.280. The van der Waals surface area contributed by atoms with Crippen molar-refractivity contribution >= 4 is 17.4 Å². The topological polar surface area (TPSA) is 56.5 Å². The average molecular weight is 255 g/mol. The maximum atomic E-state index is 12.2. The summed E-state index contributed by atoms with van der Waals surface area (Å²) in [5, 5.41) is 2.15. The Bertz CT molecular complexity index is 448. The van der Waals surface area contributed by atoms with Crippen molar-refractivity contribution in [3.8, 4) is 0 Å². The molecule has 0 bridgehead atoms. The summed E-state index contributed by atoms with van der Waals surface area (Å²) in [4.78, 5) is 14.1. The minimum Gasteiger partial charge on any atom is -0.448 e. The molecule has 0 radical (unpaired) electrons. The Labute approximate surface area is 92.2 Å². The van der Waals surface area contributed by atoms with Crippen LogP contribution in [-0.2, 0) is 18.0 Å². The van der Waals surface area contributed by atoms with Crippen molar-refractivity contribution in [2.24, 2.45) is 12.0 Å². The second kappa shape index (κ2) is 4.64. The van der Waals surface area contributed by atoms with E-state index in [0.29, 0.717) is 0 Å². The summed E-state index contributed by atoms with van der Waals surface area (Å²) in [5.74, 6) is 0. The zero-order chi connectivity index (χ0) is 12.3. The van der Waals surface area contributed by atoms with Crippen LogP contribution in [0.15, 0.2) is 4.99 Å². The van der Waals surface area contributed by atoms with E-state index < -0.39 is 17.3 Å². The van der Waals surface area contributed by atoms with Gasteiger partial charge in [-0.2, -0.15) is 18.3 Å². The van der Waals surface area contributed by atoms with Gasteiger partial charge in [0.25, 0.3) is 0 Å². The van der Waals surface area contributed by atoms with E-state index in [4.69, 9.17) is 0 Å². The van der Waals surface area contributed by atoms with Crippen molar-refractivity contribution in [2.75, 3.05) is 6.61 Å². The highest BCUT2D eigenvalue weighted by Crippen LogP contribution is 2.28. The van der Waals surface area contributed by atoms with Gasteiger partial charge < -0.3 is 4.74 Å². The molecule has 0 saturated heterocycles. The number of halogens is 3. The van der Waals surface area contributed by atoms with Crippen molar-refractivity contribution in [1.82, 2.24) is 9.78 Å². The van der Waals surface area contributed by atoms with Gasteiger partial charge in [0.15, 0.2) is 0 Å². The van der Waals surface area contributed by atoms with Crippen LogP contribution in [0.5, 0.6) is 0 Å². The molecule has 0 N–H and O–H groups in total. The predicted molar refractivity (Wildman–Crippen MR) is 48.7 cm³/mol. The maximum Gasteiger partial charge on any atom is 0.445 e. The lowest BCUT2D eigenvalue weighted by Gasteiger charge is -1.97. The molecule has 0 aliphatic rings. The van der Waals surface area contributed by atoms with Gasteiger partial charge in [0.05, 0.1) is 6.61 Å². The van der Waals surface area contributed by atoms with Gasteiger partial charge in [-0.05, 0) is 6.92 Å². The zero-order valence-corrected chi connectivity index (χ0v) is 9.22. The number of alkyl halides is 3. The van der Waals surface area contributed by atoms with Crippen molar-refractivity contribution in [3.05, 3.63) is 9.81 Å². The summed E-state index contributed by atoms with van der Waals surface area (Å²) in [6, 6.07) is 0. The van der Waals surface area contributed by atoms with E-state index in [1.807, 2.05) is 0 Å². The second-order valence-corrected chi connectivity index (χ2v) is 3.58. The lowest BCUT2D eigenvalue weighted by Crippen LogP contribution is -2.15. The van der Waals surface area contributed by atoms with E-state index in [1.165, 1.54) is 7.05 Å². The van der Waals surface area contributed by atoms with E-state index in [9.17, 15) is 18.0 Å². The lowest BCUT2D eigenvalue weighted by atomic mass is 10.7. The molecule has 0 unspecified atom stereocenters. The van der Waals surface area contributed by atoms with Crippen LogP contribution in [0.25, 0.3) is 0 Å². The van der Waals surface area contributed by atoms with Gasteiger partial charge in [-0.3, -0.25) is 0 Å². The highest BCUT2D eigenvalue weighted by atomic mass is 32.1. The first kappa shape index (κ1) is 12.7. The molecule has 1 heterocycles. The Morgan fingerprint density at radius 2 is 2.25 bits per heavy atom. The van der Waals surface area contributed by atoms with Gasteiger partial charge >= 0.3 is 12.3 Å². The highest BCUT2D eigenvalue weighted by Gasteiger charge is 2.35. The molecular formula is C7H8F3N3O2S. The number of amides is 1. The summed E-state index contributed by atoms with van der Waals surface area (Å²) in [6.07, 6.45) is -5.47. The van der Waals surface area contributed by atoms with Gasteiger partial charge in [-0.1, -0.05) is 11.3 Å². The molecule has 0 fully saturated rings. The smallest absolute Gasteiger partial charge is 0.445 e. The normalized spacial score (nSPS) is 12.9. The fraction of sp³-hybridized carbons (Fsp3) is 0.571. The minimum absolute atomic E-state index is 0.108. The number of aryl methyl sites for hydroxylation is 1. The minimum atomic E-state index is -4.54. The molecule has 16 heavy (non-hydrogen) atoms. The van der Waals surface area contributed by atoms with Crippen LogP contribution in [-0.4, -0.2) is 22.5 Å². The van der Waals surface area contributed by atoms with Gasteiger partial charge in [0.1, 0.15) is 0 Å². The molecule has 90 valence electrons. The molecule has 0 aromatic carbocycles. The molecule has 1 amide bonds. The van der Waals surface area contributed by atoms with E-state index >= 15 is 0 Å². The Morgan fingerprint density at radius 3 is 2.69 bits per heavy atom. The van der Waals surface area contributed by atoms with E-state index in [1.54, 1.807) is 6.92 Å². The molecule has 1 rings (SSSR count). The molecule has 0 saturated carbocycles. The molecular weight excluding hydrogens is 247 g/mol. The Kier molecular flexibility index (Phi) is 3.68. The first-order chi connectivity index (χ1) is 7.34. The summed E-state index contributed by atoms with van der Waals surface area (Å²) < 4.78 is 42.1. The number of hydrogen-bond acceptors (Lipinski definition) is 4. The van der Waals surface area contributed by atoms with Crippen LogP contribution in [0.4, 0.5) is 18.0 Å². The van der Waals surface area contributed by atoms with Gasteiger partial charge in [0, 0.05) is 7.05 Å². The Morgan fingerprint density at radius 1 is 1.62 bits per heavy atom. The van der Waals surface area contributed by atoms with Gasteiger partial charge in [-0.25, -0.2) is 9.48 Å². The van der Waals surface area contributed by atoms with E-state index in [-0.39, 0.29) is 22.7 Å². The molecule has 0 aliphatic heterocycles. The third-order valence-electron chi connectivity index (χ3n) is 1.40. The molecule has 5 nitrogen and oxygen atoms in total. The van der Waals surface area contributed by atoms with Crippen molar-refractivity contribution < 1.29 is 22.7 Å². The van der Waals surface area contributed by atoms with Crippen molar-refractivity contribution in [1.29, 1.82) is 0 Å². The maximum absolute atomic E-state index is 12.2. The standard InChI is InChI=1S/C7H8F3N3O2S/c1-3-15-6(14)11-5-13(2)12-4(16-5)7(8,9)10/h3H2,1-2H3/b11-5+. The first-order valence-corrected chi connectivity index (χ1v) is 4.99. The third-order valence-corrected chi connectivity index (χ3v) is 2.45. The number of carbonyl (C=O) groups is 1. The SMILES string of the molecule is CCOC(=O)/N=c1/sc(C(F)(F)F)nn1C. The van der Waals surface area contributed by atoms with Crippen LogP contribution < -0.4 is 4.80 Å². The van der Waals surface area contributed by atoms with Crippen LogP contribution in [0, 0.1) is 0 Å². The first-order valence-electron chi connectivity index (χ1n) is 4.17. The second-order valence-electron chi connectivity index (χ2n) is 2.62. The number of aromatic nitrogens is 2. The fourth-order valence-corrected chi connectivity index (χ4v) is 1.54. The Balaban J connectivity index is 3.07. The number of nitrogens with zero attached hydrogens (tertiary/aromatic N) is 3. The van der Waals surface area contributed by atoms with Crippen LogP contribution in [0.2, 0.25) is 0 Å². The molecule has 0 atom stereocenters. The average Bonchev–Trinajstić information content (AvgIpc) is 2.47. The lowest BCUT2D eigenvalue weighted by molar-refractivity contribution is -0.138. The number of hydrogen-bond donors (Lipinski definition) is 0. The number of ether oxygens (including phenoxy) is 1. The quantitative estimate of drug-likeness (QED) is 0.765. The molecule has 0 spiro atoms. The van der Waals surface area contributed by atoms with Gasteiger partial charge in [-0.15, -0.1) is 4.99 Å². The molecule has 9 heteroatoms.